The Bertz CT molecular complexity index is 654. The maximum Gasteiger partial charge on any atom is 0.273 e. The Hall–Kier alpha value is -2.17. The molecule has 116 valence electrons. The molecule has 1 saturated carbocycles. The lowest BCUT2D eigenvalue weighted by Crippen LogP contribution is -2.36. The van der Waals surface area contributed by atoms with Crippen LogP contribution in [-0.4, -0.2) is 26.9 Å². The van der Waals surface area contributed by atoms with Crippen molar-refractivity contribution in [3.8, 4) is 5.69 Å². The van der Waals surface area contributed by atoms with E-state index in [2.05, 4.69) is 15.5 Å². The highest BCUT2D eigenvalue weighted by molar-refractivity contribution is 5.93. The maximum absolute atomic E-state index is 12.4. The largest absolute Gasteiger partial charge is 0.348 e. The second-order valence-electron chi connectivity index (χ2n) is 6.07. The lowest BCUT2D eigenvalue weighted by atomic mass is 9.95. The fourth-order valence-electron chi connectivity index (χ4n) is 2.88. The first-order valence-electron chi connectivity index (χ1n) is 7.95. The quantitative estimate of drug-likeness (QED) is 0.947. The molecule has 1 aromatic heterocycles. The van der Waals surface area contributed by atoms with Gasteiger partial charge < -0.3 is 5.32 Å². The van der Waals surface area contributed by atoms with Gasteiger partial charge in [0.1, 0.15) is 0 Å². The first-order chi connectivity index (χ1) is 10.6. The van der Waals surface area contributed by atoms with Crippen LogP contribution in [0.3, 0.4) is 0 Å². The van der Waals surface area contributed by atoms with E-state index in [0.29, 0.717) is 11.4 Å². The Labute approximate surface area is 130 Å². The SMILES string of the molecule is Cc1ccc(-n2nc(C)c(C(=O)NC3CCCCC3)n2)cc1. The summed E-state index contributed by atoms with van der Waals surface area (Å²) in [5.74, 6) is -0.109. The van der Waals surface area contributed by atoms with Crippen molar-refractivity contribution in [1.82, 2.24) is 20.3 Å². The van der Waals surface area contributed by atoms with Gasteiger partial charge in [0.15, 0.2) is 5.69 Å². The summed E-state index contributed by atoms with van der Waals surface area (Å²) >= 11 is 0. The van der Waals surface area contributed by atoms with Gasteiger partial charge in [0.25, 0.3) is 5.91 Å². The highest BCUT2D eigenvalue weighted by Gasteiger charge is 2.21. The Morgan fingerprint density at radius 1 is 1.09 bits per heavy atom. The van der Waals surface area contributed by atoms with Gasteiger partial charge in [-0.15, -0.1) is 5.10 Å². The number of carbonyl (C=O) groups is 1. The van der Waals surface area contributed by atoms with E-state index in [-0.39, 0.29) is 11.9 Å². The average molecular weight is 298 g/mol. The van der Waals surface area contributed by atoms with Crippen molar-refractivity contribution in [2.75, 3.05) is 0 Å². The molecular formula is C17H22N4O. The zero-order chi connectivity index (χ0) is 15.5. The van der Waals surface area contributed by atoms with E-state index in [1.165, 1.54) is 29.6 Å². The normalized spacial score (nSPS) is 15.7. The molecule has 1 aromatic carbocycles. The van der Waals surface area contributed by atoms with E-state index >= 15 is 0 Å². The monoisotopic (exact) mass is 298 g/mol. The molecular weight excluding hydrogens is 276 g/mol. The van der Waals surface area contributed by atoms with E-state index in [1.807, 2.05) is 38.1 Å². The number of aryl methyl sites for hydroxylation is 2. The van der Waals surface area contributed by atoms with Gasteiger partial charge in [0, 0.05) is 6.04 Å². The molecule has 0 radical (unpaired) electrons. The van der Waals surface area contributed by atoms with Crippen molar-refractivity contribution >= 4 is 5.91 Å². The predicted octanol–water partition coefficient (Wildman–Crippen LogP) is 2.95. The van der Waals surface area contributed by atoms with Gasteiger partial charge >= 0.3 is 0 Å². The molecule has 5 nitrogen and oxygen atoms in total. The summed E-state index contributed by atoms with van der Waals surface area (Å²) in [6, 6.07) is 8.21. The molecule has 0 spiro atoms. The standard InChI is InChI=1S/C17H22N4O/c1-12-8-10-15(11-9-12)21-19-13(2)16(20-21)17(22)18-14-6-4-3-5-7-14/h8-11,14H,3-7H2,1-2H3,(H,18,22). The second kappa shape index (κ2) is 6.30. The molecule has 1 heterocycles. The number of nitrogens with zero attached hydrogens (tertiary/aromatic N) is 3. The minimum atomic E-state index is -0.109. The molecule has 0 unspecified atom stereocenters. The zero-order valence-electron chi connectivity index (χ0n) is 13.2. The third-order valence-electron chi connectivity index (χ3n) is 4.20. The van der Waals surface area contributed by atoms with Crippen LogP contribution < -0.4 is 5.32 Å². The van der Waals surface area contributed by atoms with Crippen molar-refractivity contribution in [2.24, 2.45) is 0 Å². The van der Waals surface area contributed by atoms with Crippen LogP contribution in [0.2, 0.25) is 0 Å². The zero-order valence-corrected chi connectivity index (χ0v) is 13.2. The van der Waals surface area contributed by atoms with E-state index < -0.39 is 0 Å². The summed E-state index contributed by atoms with van der Waals surface area (Å²) in [6.45, 7) is 3.86. The second-order valence-corrected chi connectivity index (χ2v) is 6.07. The Morgan fingerprint density at radius 3 is 2.45 bits per heavy atom. The average Bonchev–Trinajstić information content (AvgIpc) is 2.91. The predicted molar refractivity (Wildman–Crippen MR) is 85.2 cm³/mol. The number of benzene rings is 1. The number of amides is 1. The Morgan fingerprint density at radius 2 is 1.77 bits per heavy atom. The minimum absolute atomic E-state index is 0.109. The molecule has 5 heteroatoms. The molecule has 0 bridgehead atoms. The first-order valence-corrected chi connectivity index (χ1v) is 7.95. The van der Waals surface area contributed by atoms with Crippen LogP contribution >= 0.6 is 0 Å². The molecule has 0 saturated heterocycles. The summed E-state index contributed by atoms with van der Waals surface area (Å²) in [5.41, 5.74) is 3.13. The highest BCUT2D eigenvalue weighted by Crippen LogP contribution is 2.18. The van der Waals surface area contributed by atoms with E-state index in [9.17, 15) is 4.79 Å². The molecule has 3 rings (SSSR count). The number of aromatic nitrogens is 3. The smallest absolute Gasteiger partial charge is 0.273 e. The molecule has 0 aliphatic heterocycles. The van der Waals surface area contributed by atoms with Crippen molar-refractivity contribution in [1.29, 1.82) is 0 Å². The summed E-state index contributed by atoms with van der Waals surface area (Å²) in [5, 5.41) is 11.8. The molecule has 1 N–H and O–H groups in total. The topological polar surface area (TPSA) is 59.8 Å². The molecule has 1 fully saturated rings. The van der Waals surface area contributed by atoms with Crippen molar-refractivity contribution < 1.29 is 4.79 Å². The van der Waals surface area contributed by atoms with Crippen molar-refractivity contribution in [3.63, 3.8) is 0 Å². The van der Waals surface area contributed by atoms with Gasteiger partial charge in [-0.1, -0.05) is 37.0 Å². The highest BCUT2D eigenvalue weighted by atomic mass is 16.2. The molecule has 1 aliphatic carbocycles. The van der Waals surface area contributed by atoms with Crippen LogP contribution in [0.15, 0.2) is 24.3 Å². The van der Waals surface area contributed by atoms with Gasteiger partial charge in [-0.05, 0) is 38.8 Å². The molecule has 22 heavy (non-hydrogen) atoms. The maximum atomic E-state index is 12.4. The summed E-state index contributed by atoms with van der Waals surface area (Å²) in [6.07, 6.45) is 5.79. The van der Waals surface area contributed by atoms with Gasteiger partial charge in [-0.25, -0.2) is 0 Å². The van der Waals surface area contributed by atoms with E-state index in [1.54, 1.807) is 0 Å². The van der Waals surface area contributed by atoms with Gasteiger partial charge in [-0.2, -0.15) is 9.90 Å². The Kier molecular flexibility index (Phi) is 4.22. The van der Waals surface area contributed by atoms with Gasteiger partial charge in [-0.3, -0.25) is 4.79 Å². The fourth-order valence-corrected chi connectivity index (χ4v) is 2.88. The molecule has 2 aromatic rings. The van der Waals surface area contributed by atoms with E-state index in [4.69, 9.17) is 0 Å². The van der Waals surface area contributed by atoms with Crippen LogP contribution in [0.5, 0.6) is 0 Å². The summed E-state index contributed by atoms with van der Waals surface area (Å²) < 4.78 is 0. The van der Waals surface area contributed by atoms with Gasteiger partial charge in [0.2, 0.25) is 0 Å². The lowest BCUT2D eigenvalue weighted by molar-refractivity contribution is 0.0921. The molecule has 1 aliphatic rings. The number of rotatable bonds is 3. The lowest BCUT2D eigenvalue weighted by Gasteiger charge is -2.22. The van der Waals surface area contributed by atoms with Crippen molar-refractivity contribution in [2.45, 2.75) is 52.0 Å². The number of hydrogen-bond donors (Lipinski definition) is 1. The van der Waals surface area contributed by atoms with E-state index in [0.717, 1.165) is 18.5 Å². The minimum Gasteiger partial charge on any atom is -0.348 e. The van der Waals surface area contributed by atoms with Crippen LogP contribution in [0.25, 0.3) is 5.69 Å². The van der Waals surface area contributed by atoms with Crippen molar-refractivity contribution in [3.05, 3.63) is 41.2 Å². The molecule has 1 amide bonds. The fraction of sp³-hybridized carbons (Fsp3) is 0.471. The van der Waals surface area contributed by atoms with Gasteiger partial charge in [0.05, 0.1) is 11.4 Å². The number of carbonyl (C=O) groups excluding carboxylic acids is 1. The number of nitrogens with one attached hydrogen (secondary N) is 1. The third-order valence-corrected chi connectivity index (χ3v) is 4.20. The van der Waals surface area contributed by atoms with Crippen LogP contribution in [-0.2, 0) is 0 Å². The summed E-state index contributed by atoms with van der Waals surface area (Å²) in [7, 11) is 0. The first kappa shape index (κ1) is 14.8. The Balaban J connectivity index is 1.76. The van der Waals surface area contributed by atoms with Crippen LogP contribution in [0.1, 0.15) is 53.8 Å². The van der Waals surface area contributed by atoms with Crippen LogP contribution in [0.4, 0.5) is 0 Å². The summed E-state index contributed by atoms with van der Waals surface area (Å²) in [4.78, 5) is 13.9. The van der Waals surface area contributed by atoms with Crippen LogP contribution in [0, 0.1) is 13.8 Å². The number of hydrogen-bond acceptors (Lipinski definition) is 3. The molecule has 0 atom stereocenters. The third kappa shape index (κ3) is 3.18.